The molecule has 1 N–H and O–H groups in total. The van der Waals surface area contributed by atoms with Crippen LogP contribution in [-0.4, -0.2) is 34.4 Å². The van der Waals surface area contributed by atoms with Crippen LogP contribution in [-0.2, 0) is 4.79 Å². The fourth-order valence-electron chi connectivity index (χ4n) is 2.47. The zero-order chi connectivity index (χ0) is 14.9. The van der Waals surface area contributed by atoms with Crippen LogP contribution in [0.3, 0.4) is 0 Å². The first-order valence-corrected chi connectivity index (χ1v) is 9.16. The molecule has 1 aromatic rings. The van der Waals surface area contributed by atoms with Gasteiger partial charge in [0, 0.05) is 11.3 Å². The monoisotopic (exact) mass is 312 g/mol. The molecule has 5 heteroatoms. The third-order valence-corrected chi connectivity index (χ3v) is 5.76. The van der Waals surface area contributed by atoms with Gasteiger partial charge < -0.3 is 4.90 Å². The number of thiophene rings is 1. The van der Waals surface area contributed by atoms with Gasteiger partial charge in [0.2, 0.25) is 5.91 Å². The molecular formula is C15H24N2OS2. The van der Waals surface area contributed by atoms with E-state index in [4.69, 9.17) is 0 Å². The lowest BCUT2D eigenvalue weighted by atomic mass is 10.0. The smallest absolute Gasteiger partial charge is 0.241 e. The molecule has 1 aliphatic heterocycles. The Balaban J connectivity index is 2.26. The second-order valence-corrected chi connectivity index (χ2v) is 8.57. The molecule has 1 saturated heterocycles. The Morgan fingerprint density at radius 1 is 1.50 bits per heavy atom. The molecule has 0 bridgehead atoms. The van der Waals surface area contributed by atoms with E-state index in [1.807, 2.05) is 4.90 Å². The molecule has 0 saturated carbocycles. The lowest BCUT2D eigenvalue weighted by Crippen LogP contribution is -2.41. The van der Waals surface area contributed by atoms with Gasteiger partial charge in [0.25, 0.3) is 0 Å². The van der Waals surface area contributed by atoms with Crippen molar-refractivity contribution in [1.82, 2.24) is 10.2 Å². The predicted molar refractivity (Wildman–Crippen MR) is 88.1 cm³/mol. The number of thioether (sulfide) groups is 1. The van der Waals surface area contributed by atoms with Crippen molar-refractivity contribution in [3.63, 3.8) is 0 Å². The van der Waals surface area contributed by atoms with E-state index in [0.717, 1.165) is 6.54 Å². The van der Waals surface area contributed by atoms with Crippen LogP contribution in [0.5, 0.6) is 0 Å². The van der Waals surface area contributed by atoms with E-state index < -0.39 is 0 Å². The van der Waals surface area contributed by atoms with Crippen LogP contribution in [0.2, 0.25) is 0 Å². The second kappa shape index (κ2) is 6.08. The van der Waals surface area contributed by atoms with Crippen molar-refractivity contribution < 1.29 is 4.79 Å². The van der Waals surface area contributed by atoms with Gasteiger partial charge in [0.05, 0.1) is 6.04 Å². The Hall–Kier alpha value is -0.520. The molecule has 1 fully saturated rings. The molecule has 2 rings (SSSR count). The lowest BCUT2D eigenvalue weighted by Gasteiger charge is -2.32. The van der Waals surface area contributed by atoms with Gasteiger partial charge in [0.1, 0.15) is 6.17 Å². The fraction of sp³-hybridized carbons (Fsp3) is 0.667. The summed E-state index contributed by atoms with van der Waals surface area (Å²) in [6.07, 6.45) is 2.13. The highest BCUT2D eigenvalue weighted by Crippen LogP contribution is 2.33. The van der Waals surface area contributed by atoms with Gasteiger partial charge in [-0.2, -0.15) is 23.1 Å². The highest BCUT2D eigenvalue weighted by Gasteiger charge is 2.42. The molecule has 20 heavy (non-hydrogen) atoms. The van der Waals surface area contributed by atoms with Crippen LogP contribution < -0.4 is 5.32 Å². The highest BCUT2D eigenvalue weighted by atomic mass is 32.2. The average Bonchev–Trinajstić information content (AvgIpc) is 2.99. The molecule has 2 unspecified atom stereocenters. The molecule has 0 aromatic carbocycles. The Labute approximate surface area is 130 Å². The number of rotatable bonds is 5. The minimum Gasteiger partial charge on any atom is -0.320 e. The second-order valence-electron chi connectivity index (χ2n) is 6.28. The number of hydrogen-bond acceptors (Lipinski definition) is 4. The zero-order valence-corrected chi connectivity index (χ0v) is 14.5. The number of hydrogen-bond donors (Lipinski definition) is 1. The summed E-state index contributed by atoms with van der Waals surface area (Å²) >= 11 is 3.49. The largest absolute Gasteiger partial charge is 0.320 e. The molecule has 2 atom stereocenters. The van der Waals surface area contributed by atoms with Gasteiger partial charge in [0.15, 0.2) is 0 Å². The minimum atomic E-state index is -0.0717. The topological polar surface area (TPSA) is 32.3 Å². The number of nitrogens with zero attached hydrogens (tertiary/aromatic N) is 1. The molecule has 3 nitrogen and oxygen atoms in total. The Morgan fingerprint density at radius 2 is 2.20 bits per heavy atom. The normalized spacial score (nSPS) is 23.9. The molecular weight excluding hydrogens is 288 g/mol. The summed E-state index contributed by atoms with van der Waals surface area (Å²) in [4.78, 5) is 14.7. The van der Waals surface area contributed by atoms with E-state index in [1.165, 1.54) is 5.56 Å². The summed E-state index contributed by atoms with van der Waals surface area (Å²) in [5.74, 6) is 0.546. The predicted octanol–water partition coefficient (Wildman–Crippen LogP) is 3.34. The third kappa shape index (κ3) is 3.21. The Bertz CT molecular complexity index is 456. The summed E-state index contributed by atoms with van der Waals surface area (Å²) in [6.45, 7) is 9.35. The van der Waals surface area contributed by atoms with Crippen LogP contribution in [0, 0.1) is 5.92 Å². The fourth-order valence-corrected chi connectivity index (χ4v) is 3.41. The maximum Gasteiger partial charge on any atom is 0.241 e. The van der Waals surface area contributed by atoms with Crippen molar-refractivity contribution in [3.05, 3.63) is 22.4 Å². The summed E-state index contributed by atoms with van der Waals surface area (Å²) in [5, 5.41) is 7.72. The third-order valence-electron chi connectivity index (χ3n) is 3.83. The van der Waals surface area contributed by atoms with Crippen LogP contribution in [0.1, 0.15) is 39.4 Å². The number of nitrogens with one attached hydrogen (secondary N) is 1. The van der Waals surface area contributed by atoms with Crippen molar-refractivity contribution in [3.8, 4) is 0 Å². The first kappa shape index (κ1) is 15.9. The van der Waals surface area contributed by atoms with Crippen molar-refractivity contribution >= 4 is 29.0 Å². The van der Waals surface area contributed by atoms with Crippen molar-refractivity contribution in [1.29, 1.82) is 0 Å². The number of carbonyl (C=O) groups excluding carboxylic acids is 1. The van der Waals surface area contributed by atoms with Gasteiger partial charge >= 0.3 is 0 Å². The van der Waals surface area contributed by atoms with E-state index >= 15 is 0 Å². The van der Waals surface area contributed by atoms with Crippen LogP contribution in [0.25, 0.3) is 0 Å². The van der Waals surface area contributed by atoms with Gasteiger partial charge in [-0.05, 0) is 48.4 Å². The van der Waals surface area contributed by atoms with E-state index in [-0.39, 0.29) is 22.9 Å². The lowest BCUT2D eigenvalue weighted by molar-refractivity contribution is -0.131. The summed E-state index contributed by atoms with van der Waals surface area (Å²) in [5.41, 5.74) is 1.20. The maximum absolute atomic E-state index is 12.7. The van der Waals surface area contributed by atoms with Gasteiger partial charge in [-0.1, -0.05) is 13.8 Å². The number of carbonyl (C=O) groups is 1. The first-order valence-electron chi connectivity index (χ1n) is 6.99. The van der Waals surface area contributed by atoms with Gasteiger partial charge in [-0.25, -0.2) is 0 Å². The highest BCUT2D eigenvalue weighted by molar-refractivity contribution is 7.99. The molecule has 1 aromatic heterocycles. The number of amides is 1. The average molecular weight is 313 g/mol. The summed E-state index contributed by atoms with van der Waals surface area (Å²) in [6, 6.07) is 2.04. The summed E-state index contributed by atoms with van der Waals surface area (Å²) in [7, 11) is 0. The molecule has 2 heterocycles. The van der Waals surface area contributed by atoms with Crippen molar-refractivity contribution in [2.75, 3.05) is 12.8 Å². The van der Waals surface area contributed by atoms with Gasteiger partial charge in [-0.15, -0.1) is 0 Å². The quantitative estimate of drug-likeness (QED) is 0.905. The van der Waals surface area contributed by atoms with Crippen LogP contribution >= 0.6 is 23.1 Å². The first-order chi connectivity index (χ1) is 9.35. The van der Waals surface area contributed by atoms with Crippen LogP contribution in [0.4, 0.5) is 0 Å². The molecule has 1 aliphatic rings. The van der Waals surface area contributed by atoms with E-state index in [9.17, 15) is 4.79 Å². The summed E-state index contributed by atoms with van der Waals surface area (Å²) < 4.78 is 0.0669. The van der Waals surface area contributed by atoms with Crippen molar-refractivity contribution in [2.24, 2.45) is 5.92 Å². The standard InChI is InChI=1S/C15H24N2OS2/c1-10(2)12-14(18)17(9-15(3,4)19-5)13(16-12)11-6-7-20-8-11/h6-8,10,12-13,16H,9H2,1-5H3. The minimum absolute atomic E-state index is 0.0209. The Morgan fingerprint density at radius 3 is 2.70 bits per heavy atom. The molecule has 0 radical (unpaired) electrons. The maximum atomic E-state index is 12.7. The van der Waals surface area contributed by atoms with E-state index in [0.29, 0.717) is 5.92 Å². The van der Waals surface area contributed by atoms with Gasteiger partial charge in [-0.3, -0.25) is 10.1 Å². The van der Waals surface area contributed by atoms with E-state index in [2.05, 4.69) is 56.1 Å². The molecule has 0 spiro atoms. The Kier molecular flexibility index (Phi) is 4.82. The van der Waals surface area contributed by atoms with Crippen LogP contribution in [0.15, 0.2) is 16.8 Å². The molecule has 1 amide bonds. The molecule has 0 aliphatic carbocycles. The molecule has 112 valence electrons. The SMILES string of the molecule is CSC(C)(C)CN1C(=O)C(C(C)C)NC1c1ccsc1. The van der Waals surface area contributed by atoms with E-state index in [1.54, 1.807) is 23.1 Å². The van der Waals surface area contributed by atoms with Crippen molar-refractivity contribution in [2.45, 2.75) is 44.6 Å². The zero-order valence-electron chi connectivity index (χ0n) is 12.8.